The van der Waals surface area contributed by atoms with Gasteiger partial charge < -0.3 is 10.5 Å². The van der Waals surface area contributed by atoms with Crippen LogP contribution in [-0.2, 0) is 0 Å². The standard InChI is InChI=1S/C15H23NOS/c1-11(2)13-8-7-12(3)14(10-13)17-9-5-4-6-15(16)18/h7-8,10-11H,4-6,9H2,1-3H3,(H2,16,18). The zero-order chi connectivity index (χ0) is 13.5. The summed E-state index contributed by atoms with van der Waals surface area (Å²) in [5.74, 6) is 1.53. The van der Waals surface area contributed by atoms with E-state index < -0.39 is 0 Å². The maximum Gasteiger partial charge on any atom is 0.122 e. The van der Waals surface area contributed by atoms with E-state index in [1.807, 2.05) is 0 Å². The van der Waals surface area contributed by atoms with Gasteiger partial charge in [0, 0.05) is 0 Å². The third kappa shape index (κ3) is 5.05. The quantitative estimate of drug-likeness (QED) is 0.599. The van der Waals surface area contributed by atoms with Crippen LogP contribution in [0.3, 0.4) is 0 Å². The first-order valence-corrected chi connectivity index (χ1v) is 6.93. The number of unbranched alkanes of at least 4 members (excludes halogenated alkanes) is 1. The van der Waals surface area contributed by atoms with Crippen LogP contribution in [0.5, 0.6) is 5.75 Å². The molecular weight excluding hydrogens is 242 g/mol. The predicted molar refractivity (Wildman–Crippen MR) is 81.4 cm³/mol. The molecule has 1 aromatic rings. The van der Waals surface area contributed by atoms with Crippen LogP contribution in [0.15, 0.2) is 18.2 Å². The molecule has 0 aliphatic heterocycles. The van der Waals surface area contributed by atoms with Crippen molar-refractivity contribution in [3.63, 3.8) is 0 Å². The van der Waals surface area contributed by atoms with Gasteiger partial charge in [0.2, 0.25) is 0 Å². The monoisotopic (exact) mass is 265 g/mol. The first-order valence-electron chi connectivity index (χ1n) is 6.52. The van der Waals surface area contributed by atoms with Gasteiger partial charge in [-0.25, -0.2) is 0 Å². The molecule has 100 valence electrons. The number of hydrogen-bond acceptors (Lipinski definition) is 2. The Labute approximate surface area is 116 Å². The van der Waals surface area contributed by atoms with Gasteiger partial charge in [-0.15, -0.1) is 0 Å². The summed E-state index contributed by atoms with van der Waals surface area (Å²) >= 11 is 4.84. The van der Waals surface area contributed by atoms with E-state index in [-0.39, 0.29) is 0 Å². The molecule has 0 unspecified atom stereocenters. The van der Waals surface area contributed by atoms with Crippen molar-refractivity contribution < 1.29 is 4.74 Å². The van der Waals surface area contributed by atoms with E-state index in [0.29, 0.717) is 10.9 Å². The Kier molecular flexibility index (Phi) is 6.13. The Morgan fingerprint density at radius 2 is 2.06 bits per heavy atom. The molecule has 2 nitrogen and oxygen atoms in total. The largest absolute Gasteiger partial charge is 0.493 e. The van der Waals surface area contributed by atoms with Gasteiger partial charge in [-0.3, -0.25) is 0 Å². The molecule has 1 aromatic carbocycles. The number of ether oxygens (including phenoxy) is 1. The van der Waals surface area contributed by atoms with Gasteiger partial charge >= 0.3 is 0 Å². The molecule has 3 heteroatoms. The average Bonchev–Trinajstić information content (AvgIpc) is 2.30. The lowest BCUT2D eigenvalue weighted by Gasteiger charge is -2.12. The molecule has 0 amide bonds. The lowest BCUT2D eigenvalue weighted by Crippen LogP contribution is -2.08. The Bertz CT molecular complexity index is 401. The summed E-state index contributed by atoms with van der Waals surface area (Å²) in [5.41, 5.74) is 7.96. The minimum absolute atomic E-state index is 0.530. The average molecular weight is 265 g/mol. The van der Waals surface area contributed by atoms with E-state index in [1.165, 1.54) is 11.1 Å². The van der Waals surface area contributed by atoms with Crippen LogP contribution in [0.25, 0.3) is 0 Å². The lowest BCUT2D eigenvalue weighted by atomic mass is 10.0. The van der Waals surface area contributed by atoms with E-state index in [4.69, 9.17) is 22.7 Å². The van der Waals surface area contributed by atoms with Crippen molar-refractivity contribution >= 4 is 17.2 Å². The lowest BCUT2D eigenvalue weighted by molar-refractivity contribution is 0.305. The van der Waals surface area contributed by atoms with E-state index in [9.17, 15) is 0 Å². The molecule has 0 aliphatic carbocycles. The van der Waals surface area contributed by atoms with Gasteiger partial charge in [0.05, 0.1) is 11.6 Å². The summed E-state index contributed by atoms with van der Waals surface area (Å²) in [6.45, 7) is 7.19. The molecule has 18 heavy (non-hydrogen) atoms. The third-order valence-corrected chi connectivity index (χ3v) is 3.16. The number of aryl methyl sites for hydroxylation is 1. The smallest absolute Gasteiger partial charge is 0.122 e. The summed E-state index contributed by atoms with van der Waals surface area (Å²) in [7, 11) is 0. The Balaban J connectivity index is 2.46. The minimum atomic E-state index is 0.530. The molecular formula is C15H23NOS. The molecule has 2 N–H and O–H groups in total. The number of benzene rings is 1. The third-order valence-electron chi connectivity index (χ3n) is 2.95. The van der Waals surface area contributed by atoms with Gasteiger partial charge in [0.25, 0.3) is 0 Å². The Morgan fingerprint density at radius 3 is 2.67 bits per heavy atom. The fraction of sp³-hybridized carbons (Fsp3) is 0.533. The number of rotatable bonds is 7. The zero-order valence-electron chi connectivity index (χ0n) is 11.5. The molecule has 0 heterocycles. The van der Waals surface area contributed by atoms with Crippen LogP contribution in [0.2, 0.25) is 0 Å². The number of nitrogens with two attached hydrogens (primary N) is 1. The van der Waals surface area contributed by atoms with Crippen LogP contribution in [0.4, 0.5) is 0 Å². The maximum absolute atomic E-state index is 5.83. The van der Waals surface area contributed by atoms with Crippen molar-refractivity contribution in [1.82, 2.24) is 0 Å². The van der Waals surface area contributed by atoms with Crippen molar-refractivity contribution in [1.29, 1.82) is 0 Å². The molecule has 0 saturated carbocycles. The van der Waals surface area contributed by atoms with E-state index in [2.05, 4.69) is 39.0 Å². The molecule has 0 saturated heterocycles. The van der Waals surface area contributed by atoms with Gasteiger partial charge in [-0.1, -0.05) is 38.2 Å². The molecule has 0 fully saturated rings. The number of thiocarbonyl (C=S) groups is 1. The highest BCUT2D eigenvalue weighted by molar-refractivity contribution is 7.80. The highest BCUT2D eigenvalue weighted by atomic mass is 32.1. The minimum Gasteiger partial charge on any atom is -0.493 e. The van der Waals surface area contributed by atoms with Crippen LogP contribution in [0.1, 0.15) is 50.2 Å². The van der Waals surface area contributed by atoms with Crippen molar-refractivity contribution in [3.8, 4) is 5.75 Å². The van der Waals surface area contributed by atoms with Crippen molar-refractivity contribution in [3.05, 3.63) is 29.3 Å². The van der Waals surface area contributed by atoms with Gasteiger partial charge in [-0.05, 0) is 49.3 Å². The summed E-state index contributed by atoms with van der Waals surface area (Å²) < 4.78 is 5.83. The number of hydrogen-bond donors (Lipinski definition) is 1. The second-order valence-electron chi connectivity index (χ2n) is 4.95. The van der Waals surface area contributed by atoms with Crippen molar-refractivity contribution in [2.75, 3.05) is 6.61 Å². The molecule has 0 radical (unpaired) electrons. The second kappa shape index (κ2) is 7.37. The van der Waals surface area contributed by atoms with Crippen molar-refractivity contribution in [2.45, 2.75) is 46.0 Å². The molecule has 0 aromatic heterocycles. The van der Waals surface area contributed by atoms with Crippen LogP contribution in [0, 0.1) is 6.92 Å². The first kappa shape index (κ1) is 15.0. The fourth-order valence-corrected chi connectivity index (χ4v) is 1.86. The molecule has 0 atom stereocenters. The van der Waals surface area contributed by atoms with Gasteiger partial charge in [0.1, 0.15) is 5.75 Å². The Morgan fingerprint density at radius 1 is 1.33 bits per heavy atom. The van der Waals surface area contributed by atoms with E-state index >= 15 is 0 Å². The highest BCUT2D eigenvalue weighted by Gasteiger charge is 2.04. The summed E-state index contributed by atoms with van der Waals surface area (Å²) in [6, 6.07) is 6.44. The van der Waals surface area contributed by atoms with Crippen LogP contribution >= 0.6 is 12.2 Å². The SMILES string of the molecule is Cc1ccc(C(C)C)cc1OCCCCC(N)=S. The van der Waals surface area contributed by atoms with Gasteiger partial charge in [-0.2, -0.15) is 0 Å². The van der Waals surface area contributed by atoms with Crippen LogP contribution < -0.4 is 10.5 Å². The fourth-order valence-electron chi connectivity index (χ4n) is 1.71. The summed E-state index contributed by atoms with van der Waals surface area (Å²) in [6.07, 6.45) is 2.80. The highest BCUT2D eigenvalue weighted by Crippen LogP contribution is 2.24. The first-order chi connectivity index (χ1) is 8.50. The molecule has 0 bridgehead atoms. The topological polar surface area (TPSA) is 35.2 Å². The van der Waals surface area contributed by atoms with Crippen LogP contribution in [-0.4, -0.2) is 11.6 Å². The second-order valence-corrected chi connectivity index (χ2v) is 5.48. The van der Waals surface area contributed by atoms with E-state index in [0.717, 1.165) is 31.6 Å². The van der Waals surface area contributed by atoms with Gasteiger partial charge in [0.15, 0.2) is 0 Å². The maximum atomic E-state index is 5.83. The normalized spacial score (nSPS) is 10.7. The molecule has 1 rings (SSSR count). The molecule has 0 aliphatic rings. The Hall–Kier alpha value is -1.09. The zero-order valence-corrected chi connectivity index (χ0v) is 12.3. The summed E-state index contributed by atoms with van der Waals surface area (Å²) in [5, 5.41) is 0. The van der Waals surface area contributed by atoms with Crippen molar-refractivity contribution in [2.24, 2.45) is 5.73 Å². The molecule has 0 spiro atoms. The summed E-state index contributed by atoms with van der Waals surface area (Å²) in [4.78, 5) is 0.591. The predicted octanol–water partition coefficient (Wildman–Crippen LogP) is 3.95. The van der Waals surface area contributed by atoms with E-state index in [1.54, 1.807) is 0 Å².